The third-order valence-electron chi connectivity index (χ3n) is 2.73. The quantitative estimate of drug-likeness (QED) is 0.809. The van der Waals surface area contributed by atoms with Crippen LogP contribution in [-0.2, 0) is 11.3 Å². The number of likely N-dealkylation sites (N-methyl/N-ethyl adjacent to an activating group) is 1. The summed E-state index contributed by atoms with van der Waals surface area (Å²) in [4.78, 5) is 12.8. The number of ether oxygens (including phenoxy) is 1. The van der Waals surface area contributed by atoms with Gasteiger partial charge < -0.3 is 9.84 Å². The Hall–Kier alpha value is -1.46. The molecule has 0 saturated heterocycles. The molecular weight excluding hydrogens is 237 g/mol. The summed E-state index contributed by atoms with van der Waals surface area (Å²) in [6.07, 6.45) is 0. The Labute approximate surface area is 106 Å². The Kier molecular flexibility index (Phi) is 5.74. The Balaban J connectivity index is 2.72. The Morgan fingerprint density at radius 3 is 2.72 bits per heavy atom. The van der Waals surface area contributed by atoms with Crippen molar-refractivity contribution in [2.24, 2.45) is 0 Å². The lowest BCUT2D eigenvalue weighted by Crippen LogP contribution is -2.26. The van der Waals surface area contributed by atoms with Crippen LogP contribution in [0.4, 0.5) is 4.39 Å². The molecule has 0 unspecified atom stereocenters. The number of aromatic carboxylic acids is 1. The van der Waals surface area contributed by atoms with Gasteiger partial charge in [0.15, 0.2) is 0 Å². The molecule has 0 atom stereocenters. The molecule has 0 aliphatic carbocycles. The van der Waals surface area contributed by atoms with Crippen LogP contribution in [0.5, 0.6) is 0 Å². The Bertz CT molecular complexity index is 409. The van der Waals surface area contributed by atoms with Crippen LogP contribution in [0.1, 0.15) is 22.8 Å². The number of carbonyl (C=O) groups is 1. The fourth-order valence-corrected chi connectivity index (χ4v) is 1.66. The Morgan fingerprint density at radius 1 is 1.50 bits per heavy atom. The predicted molar refractivity (Wildman–Crippen MR) is 66.2 cm³/mol. The largest absolute Gasteiger partial charge is 0.478 e. The van der Waals surface area contributed by atoms with Crippen molar-refractivity contribution in [3.63, 3.8) is 0 Å². The topological polar surface area (TPSA) is 49.8 Å². The standard InChI is InChI=1S/C13H18FNO3/c1-3-15(6-7-18-2)9-10-4-5-11(13(16)17)12(14)8-10/h4-5,8H,3,6-7,9H2,1-2H3,(H,16,17). The molecule has 1 aromatic rings. The van der Waals surface area contributed by atoms with E-state index in [1.807, 2.05) is 6.92 Å². The van der Waals surface area contributed by atoms with E-state index in [-0.39, 0.29) is 5.56 Å². The normalized spacial score (nSPS) is 10.9. The fraction of sp³-hybridized carbons (Fsp3) is 0.462. The zero-order valence-corrected chi connectivity index (χ0v) is 10.6. The number of nitrogens with zero attached hydrogens (tertiary/aromatic N) is 1. The molecule has 0 aliphatic rings. The van der Waals surface area contributed by atoms with Crippen molar-refractivity contribution in [3.8, 4) is 0 Å². The number of hydrogen-bond acceptors (Lipinski definition) is 3. The van der Waals surface area contributed by atoms with Crippen molar-refractivity contribution in [2.45, 2.75) is 13.5 Å². The zero-order chi connectivity index (χ0) is 13.5. The van der Waals surface area contributed by atoms with Crippen LogP contribution in [0.2, 0.25) is 0 Å². The molecule has 0 heterocycles. The van der Waals surface area contributed by atoms with Crippen LogP contribution in [0.3, 0.4) is 0 Å². The van der Waals surface area contributed by atoms with Gasteiger partial charge in [0.2, 0.25) is 0 Å². The second kappa shape index (κ2) is 7.08. The maximum atomic E-state index is 13.5. The lowest BCUT2D eigenvalue weighted by atomic mass is 10.1. The van der Waals surface area contributed by atoms with Crippen LogP contribution < -0.4 is 0 Å². The average molecular weight is 255 g/mol. The summed E-state index contributed by atoms with van der Waals surface area (Å²) in [5.74, 6) is -1.94. The highest BCUT2D eigenvalue weighted by Crippen LogP contribution is 2.12. The number of hydrogen-bond donors (Lipinski definition) is 1. The maximum absolute atomic E-state index is 13.5. The summed E-state index contributed by atoms with van der Waals surface area (Å²) < 4.78 is 18.5. The summed E-state index contributed by atoms with van der Waals surface area (Å²) in [5.41, 5.74) is 0.467. The molecule has 4 nitrogen and oxygen atoms in total. The zero-order valence-electron chi connectivity index (χ0n) is 10.6. The molecule has 0 aliphatic heterocycles. The SMILES string of the molecule is CCN(CCOC)Cc1ccc(C(=O)O)c(F)c1. The van der Waals surface area contributed by atoms with Gasteiger partial charge in [-0.2, -0.15) is 0 Å². The molecule has 0 aromatic heterocycles. The molecule has 100 valence electrons. The second-order valence-electron chi connectivity index (χ2n) is 3.98. The minimum atomic E-state index is -1.24. The van der Waals surface area contributed by atoms with Gasteiger partial charge in [-0.1, -0.05) is 13.0 Å². The van der Waals surface area contributed by atoms with Gasteiger partial charge in [-0.15, -0.1) is 0 Å². The van der Waals surface area contributed by atoms with E-state index in [9.17, 15) is 9.18 Å². The van der Waals surface area contributed by atoms with Crippen molar-refractivity contribution < 1.29 is 19.0 Å². The summed E-state index contributed by atoms with van der Waals surface area (Å²) in [7, 11) is 1.63. The minimum absolute atomic E-state index is 0.293. The molecule has 1 rings (SSSR count). The van der Waals surface area contributed by atoms with E-state index >= 15 is 0 Å². The molecule has 0 radical (unpaired) electrons. The number of benzene rings is 1. The molecule has 0 saturated carbocycles. The van der Waals surface area contributed by atoms with E-state index < -0.39 is 11.8 Å². The smallest absolute Gasteiger partial charge is 0.338 e. The third-order valence-corrected chi connectivity index (χ3v) is 2.73. The molecule has 0 fully saturated rings. The molecular formula is C13H18FNO3. The first kappa shape index (κ1) is 14.6. The highest BCUT2D eigenvalue weighted by atomic mass is 19.1. The van der Waals surface area contributed by atoms with Gasteiger partial charge in [-0.3, -0.25) is 4.90 Å². The van der Waals surface area contributed by atoms with Gasteiger partial charge in [0.1, 0.15) is 5.82 Å². The summed E-state index contributed by atoms with van der Waals surface area (Å²) in [5, 5.41) is 8.73. The van der Waals surface area contributed by atoms with Gasteiger partial charge in [0.25, 0.3) is 0 Å². The van der Waals surface area contributed by atoms with Crippen molar-refractivity contribution >= 4 is 5.97 Å². The van der Waals surface area contributed by atoms with E-state index in [0.717, 1.165) is 18.7 Å². The first-order valence-electron chi connectivity index (χ1n) is 5.81. The van der Waals surface area contributed by atoms with Gasteiger partial charge in [-0.05, 0) is 24.2 Å². The molecule has 0 bridgehead atoms. The van der Waals surface area contributed by atoms with Gasteiger partial charge in [-0.25, -0.2) is 9.18 Å². The summed E-state index contributed by atoms with van der Waals surface area (Å²) >= 11 is 0. The molecule has 0 spiro atoms. The highest BCUT2D eigenvalue weighted by Gasteiger charge is 2.11. The molecule has 1 aromatic carbocycles. The minimum Gasteiger partial charge on any atom is -0.478 e. The number of carboxylic acid groups (broad SMARTS) is 1. The first-order valence-corrected chi connectivity index (χ1v) is 5.81. The monoisotopic (exact) mass is 255 g/mol. The molecule has 0 amide bonds. The average Bonchev–Trinajstić information content (AvgIpc) is 2.34. The summed E-state index contributed by atoms with van der Waals surface area (Å²) in [6, 6.07) is 4.22. The van der Waals surface area contributed by atoms with E-state index in [0.29, 0.717) is 13.2 Å². The lowest BCUT2D eigenvalue weighted by Gasteiger charge is -2.20. The molecule has 5 heteroatoms. The van der Waals surface area contributed by atoms with Crippen molar-refractivity contribution in [1.29, 1.82) is 0 Å². The van der Waals surface area contributed by atoms with Crippen molar-refractivity contribution in [1.82, 2.24) is 4.90 Å². The van der Waals surface area contributed by atoms with E-state index in [2.05, 4.69) is 4.90 Å². The van der Waals surface area contributed by atoms with Gasteiger partial charge >= 0.3 is 5.97 Å². The van der Waals surface area contributed by atoms with Crippen molar-refractivity contribution in [2.75, 3.05) is 26.8 Å². The second-order valence-corrected chi connectivity index (χ2v) is 3.98. The number of halogens is 1. The van der Waals surface area contributed by atoms with E-state index in [1.165, 1.54) is 12.1 Å². The van der Waals surface area contributed by atoms with Crippen LogP contribution in [0, 0.1) is 5.82 Å². The predicted octanol–water partition coefficient (Wildman–Crippen LogP) is 1.99. The van der Waals surface area contributed by atoms with Gasteiger partial charge in [0.05, 0.1) is 12.2 Å². The van der Waals surface area contributed by atoms with E-state index in [4.69, 9.17) is 9.84 Å². The fourth-order valence-electron chi connectivity index (χ4n) is 1.66. The number of methoxy groups -OCH3 is 1. The van der Waals surface area contributed by atoms with Crippen molar-refractivity contribution in [3.05, 3.63) is 35.1 Å². The van der Waals surface area contributed by atoms with Crippen LogP contribution in [0.15, 0.2) is 18.2 Å². The summed E-state index contributed by atoms with van der Waals surface area (Å²) in [6.45, 7) is 4.79. The van der Waals surface area contributed by atoms with Crippen LogP contribution in [-0.4, -0.2) is 42.8 Å². The van der Waals surface area contributed by atoms with Gasteiger partial charge in [0, 0.05) is 20.2 Å². The van der Waals surface area contributed by atoms with Crippen LogP contribution >= 0.6 is 0 Å². The Morgan fingerprint density at radius 2 is 2.22 bits per heavy atom. The lowest BCUT2D eigenvalue weighted by molar-refractivity contribution is 0.0692. The third kappa shape index (κ3) is 4.09. The number of carboxylic acids is 1. The first-order chi connectivity index (χ1) is 8.58. The van der Waals surface area contributed by atoms with Crippen LogP contribution in [0.25, 0.3) is 0 Å². The maximum Gasteiger partial charge on any atom is 0.338 e. The molecule has 18 heavy (non-hydrogen) atoms. The van der Waals surface area contributed by atoms with E-state index in [1.54, 1.807) is 13.2 Å². The molecule has 1 N–H and O–H groups in total. The number of rotatable bonds is 7. The highest BCUT2D eigenvalue weighted by molar-refractivity contribution is 5.87.